The number of hydrogen-bond donors (Lipinski definition) is 1. The van der Waals surface area contributed by atoms with Crippen LogP contribution >= 0.6 is 11.8 Å². The fourth-order valence-electron chi connectivity index (χ4n) is 1.89. The van der Waals surface area contributed by atoms with Crippen molar-refractivity contribution in [2.24, 2.45) is 0 Å². The highest BCUT2D eigenvalue weighted by Crippen LogP contribution is 2.41. The van der Waals surface area contributed by atoms with E-state index in [1.54, 1.807) is 29.1 Å². The molecule has 1 unspecified atom stereocenters. The molecule has 114 valence electrons. The fraction of sp³-hybridized carbons (Fsp3) is 0.357. The van der Waals surface area contributed by atoms with Gasteiger partial charge in [0.05, 0.1) is 12.2 Å². The number of halogens is 3. The standard InChI is InChI=1S/C14H16F3N3S/c1-3-20-9-11(8-18-20)10(2)19-12-6-4-5-7-13(12)21-14(15,16)17/h4-10,19H,3H2,1-2H3. The van der Waals surface area contributed by atoms with Gasteiger partial charge in [0.2, 0.25) is 0 Å². The first kappa shape index (κ1) is 15.8. The average molecular weight is 315 g/mol. The summed E-state index contributed by atoms with van der Waals surface area (Å²) in [6.07, 6.45) is 3.61. The molecule has 0 radical (unpaired) electrons. The normalized spacial score (nSPS) is 13.2. The van der Waals surface area contributed by atoms with E-state index < -0.39 is 5.51 Å². The second-order valence-electron chi connectivity index (χ2n) is 4.54. The van der Waals surface area contributed by atoms with Gasteiger partial charge in [-0.05, 0) is 37.7 Å². The Kier molecular flexibility index (Phi) is 4.82. The minimum absolute atomic E-state index is 0.109. The Morgan fingerprint density at radius 1 is 1.33 bits per heavy atom. The van der Waals surface area contributed by atoms with Gasteiger partial charge in [-0.15, -0.1) is 0 Å². The van der Waals surface area contributed by atoms with Crippen molar-refractivity contribution in [3.05, 3.63) is 42.2 Å². The predicted molar refractivity (Wildman–Crippen MR) is 78.3 cm³/mol. The molecule has 21 heavy (non-hydrogen) atoms. The smallest absolute Gasteiger partial charge is 0.377 e. The van der Waals surface area contributed by atoms with Crippen molar-refractivity contribution < 1.29 is 13.2 Å². The summed E-state index contributed by atoms with van der Waals surface area (Å²) in [6, 6.07) is 6.29. The van der Waals surface area contributed by atoms with Crippen molar-refractivity contribution >= 4 is 17.4 Å². The van der Waals surface area contributed by atoms with Crippen molar-refractivity contribution in [2.75, 3.05) is 5.32 Å². The van der Waals surface area contributed by atoms with Crippen LogP contribution in [-0.4, -0.2) is 15.3 Å². The van der Waals surface area contributed by atoms with E-state index in [1.807, 2.05) is 20.0 Å². The van der Waals surface area contributed by atoms with E-state index in [9.17, 15) is 13.2 Å². The van der Waals surface area contributed by atoms with Crippen LogP contribution in [0.15, 0.2) is 41.6 Å². The second kappa shape index (κ2) is 6.43. The van der Waals surface area contributed by atoms with Gasteiger partial charge in [-0.2, -0.15) is 18.3 Å². The van der Waals surface area contributed by atoms with Crippen molar-refractivity contribution in [1.82, 2.24) is 9.78 Å². The molecule has 0 saturated carbocycles. The van der Waals surface area contributed by atoms with Gasteiger partial charge in [-0.1, -0.05) is 12.1 Å². The van der Waals surface area contributed by atoms with Crippen LogP contribution in [0.1, 0.15) is 25.5 Å². The van der Waals surface area contributed by atoms with Gasteiger partial charge in [0.1, 0.15) is 0 Å². The topological polar surface area (TPSA) is 29.9 Å². The van der Waals surface area contributed by atoms with Gasteiger partial charge >= 0.3 is 5.51 Å². The van der Waals surface area contributed by atoms with Gasteiger partial charge < -0.3 is 5.32 Å². The first-order valence-corrected chi connectivity index (χ1v) is 7.34. The Bertz CT molecular complexity index is 595. The average Bonchev–Trinajstić information content (AvgIpc) is 2.88. The van der Waals surface area contributed by atoms with E-state index in [-0.39, 0.29) is 22.7 Å². The number of aryl methyl sites for hydroxylation is 1. The number of anilines is 1. The first-order valence-electron chi connectivity index (χ1n) is 6.52. The first-order chi connectivity index (χ1) is 9.89. The Morgan fingerprint density at radius 3 is 2.67 bits per heavy atom. The predicted octanol–water partition coefficient (Wildman–Crippen LogP) is 4.69. The number of hydrogen-bond acceptors (Lipinski definition) is 3. The lowest BCUT2D eigenvalue weighted by molar-refractivity contribution is -0.0327. The van der Waals surface area contributed by atoms with Crippen LogP contribution in [0.2, 0.25) is 0 Å². The van der Waals surface area contributed by atoms with Gasteiger partial charge in [0.15, 0.2) is 0 Å². The molecule has 3 nitrogen and oxygen atoms in total. The highest BCUT2D eigenvalue weighted by atomic mass is 32.2. The molecule has 0 saturated heterocycles. The molecule has 0 bridgehead atoms. The van der Waals surface area contributed by atoms with Crippen LogP contribution in [0.3, 0.4) is 0 Å². The molecule has 0 aliphatic rings. The third kappa shape index (κ3) is 4.42. The maximum absolute atomic E-state index is 12.6. The molecule has 1 heterocycles. The Labute approximate surface area is 125 Å². The van der Waals surface area contributed by atoms with E-state index in [4.69, 9.17) is 0 Å². The molecular formula is C14H16F3N3S. The Morgan fingerprint density at radius 2 is 2.05 bits per heavy atom. The number of rotatable bonds is 5. The second-order valence-corrected chi connectivity index (χ2v) is 5.65. The number of nitrogens with one attached hydrogen (secondary N) is 1. The molecule has 0 spiro atoms. The van der Waals surface area contributed by atoms with E-state index in [0.717, 1.165) is 12.1 Å². The molecule has 1 atom stereocenters. The lowest BCUT2D eigenvalue weighted by Crippen LogP contribution is -2.08. The third-order valence-electron chi connectivity index (χ3n) is 2.96. The van der Waals surface area contributed by atoms with Gasteiger partial charge in [0.25, 0.3) is 0 Å². The lowest BCUT2D eigenvalue weighted by atomic mass is 10.2. The Balaban J connectivity index is 2.15. The molecule has 7 heteroatoms. The minimum atomic E-state index is -4.30. The summed E-state index contributed by atoms with van der Waals surface area (Å²) in [4.78, 5) is 0.166. The zero-order valence-corrected chi connectivity index (χ0v) is 12.5. The molecule has 2 aromatic rings. The van der Waals surface area contributed by atoms with Crippen molar-refractivity contribution in [3.8, 4) is 0 Å². The summed E-state index contributed by atoms with van der Waals surface area (Å²) in [5, 5.41) is 7.28. The summed E-state index contributed by atoms with van der Waals surface area (Å²) in [6.45, 7) is 4.63. The zero-order valence-electron chi connectivity index (χ0n) is 11.7. The number of aromatic nitrogens is 2. The van der Waals surface area contributed by atoms with Crippen molar-refractivity contribution in [1.29, 1.82) is 0 Å². The SMILES string of the molecule is CCn1cc(C(C)Nc2ccccc2SC(F)(F)F)cn1. The Hall–Kier alpha value is -1.63. The van der Waals surface area contributed by atoms with Crippen molar-refractivity contribution in [3.63, 3.8) is 0 Å². The number of para-hydroxylation sites is 1. The maximum Gasteiger partial charge on any atom is 0.446 e. The van der Waals surface area contributed by atoms with E-state index in [0.29, 0.717) is 5.69 Å². The summed E-state index contributed by atoms with van der Waals surface area (Å²) in [5.74, 6) is 0. The van der Waals surface area contributed by atoms with E-state index in [2.05, 4.69) is 10.4 Å². The largest absolute Gasteiger partial charge is 0.446 e. The lowest BCUT2D eigenvalue weighted by Gasteiger charge is -2.17. The van der Waals surface area contributed by atoms with Crippen LogP contribution in [0, 0.1) is 0 Å². The van der Waals surface area contributed by atoms with Crippen LogP contribution in [-0.2, 0) is 6.54 Å². The van der Waals surface area contributed by atoms with Crippen molar-refractivity contribution in [2.45, 2.75) is 36.8 Å². The monoisotopic (exact) mass is 315 g/mol. The van der Waals surface area contributed by atoms with Gasteiger partial charge in [-0.3, -0.25) is 4.68 Å². The molecule has 1 aromatic heterocycles. The van der Waals surface area contributed by atoms with Crippen LogP contribution < -0.4 is 5.32 Å². The minimum Gasteiger partial charge on any atom is -0.377 e. The summed E-state index contributed by atoms with van der Waals surface area (Å²) >= 11 is -0.109. The summed E-state index contributed by atoms with van der Waals surface area (Å²) in [5.41, 5.74) is -2.89. The zero-order chi connectivity index (χ0) is 15.5. The van der Waals surface area contributed by atoms with Crippen LogP contribution in [0.25, 0.3) is 0 Å². The van der Waals surface area contributed by atoms with Crippen LogP contribution in [0.4, 0.5) is 18.9 Å². The molecular weight excluding hydrogens is 299 g/mol. The molecule has 0 amide bonds. The molecule has 0 aliphatic carbocycles. The molecule has 1 aromatic carbocycles. The van der Waals surface area contributed by atoms with Gasteiger partial charge in [0, 0.05) is 28.9 Å². The number of benzene rings is 1. The quantitative estimate of drug-likeness (QED) is 0.812. The summed E-state index contributed by atoms with van der Waals surface area (Å²) < 4.78 is 39.4. The molecule has 2 rings (SSSR count). The number of thioether (sulfide) groups is 1. The fourth-order valence-corrected chi connectivity index (χ4v) is 2.53. The third-order valence-corrected chi connectivity index (χ3v) is 3.77. The molecule has 0 fully saturated rings. The van der Waals surface area contributed by atoms with Crippen LogP contribution in [0.5, 0.6) is 0 Å². The highest BCUT2D eigenvalue weighted by molar-refractivity contribution is 8.00. The number of nitrogens with zero attached hydrogens (tertiary/aromatic N) is 2. The highest BCUT2D eigenvalue weighted by Gasteiger charge is 2.30. The molecule has 0 aliphatic heterocycles. The van der Waals surface area contributed by atoms with E-state index in [1.165, 1.54) is 6.07 Å². The maximum atomic E-state index is 12.6. The molecule has 1 N–H and O–H groups in total. The number of alkyl halides is 3. The summed E-state index contributed by atoms with van der Waals surface area (Å²) in [7, 11) is 0. The van der Waals surface area contributed by atoms with E-state index >= 15 is 0 Å². The van der Waals surface area contributed by atoms with Gasteiger partial charge in [-0.25, -0.2) is 0 Å².